The predicted molar refractivity (Wildman–Crippen MR) is 116 cm³/mol. The summed E-state index contributed by atoms with van der Waals surface area (Å²) in [6.45, 7) is 4.44. The van der Waals surface area contributed by atoms with Crippen molar-refractivity contribution >= 4 is 11.8 Å². The lowest BCUT2D eigenvalue weighted by Crippen LogP contribution is -2.42. The summed E-state index contributed by atoms with van der Waals surface area (Å²) in [7, 11) is 1.55. The van der Waals surface area contributed by atoms with Gasteiger partial charge in [0.1, 0.15) is 0 Å². The topological polar surface area (TPSA) is 80.3 Å². The van der Waals surface area contributed by atoms with Crippen molar-refractivity contribution in [3.63, 3.8) is 0 Å². The van der Waals surface area contributed by atoms with Crippen LogP contribution in [0, 0.1) is 19.8 Å². The van der Waals surface area contributed by atoms with Crippen LogP contribution in [0.1, 0.15) is 54.3 Å². The number of nitrogens with one attached hydrogen (secondary N) is 2. The van der Waals surface area contributed by atoms with Gasteiger partial charge < -0.3 is 15.4 Å². The van der Waals surface area contributed by atoms with Gasteiger partial charge in [-0.3, -0.25) is 14.6 Å². The summed E-state index contributed by atoms with van der Waals surface area (Å²) >= 11 is 0. The highest BCUT2D eigenvalue weighted by Crippen LogP contribution is 2.26. The van der Waals surface area contributed by atoms with Gasteiger partial charge in [0.05, 0.1) is 0 Å². The van der Waals surface area contributed by atoms with E-state index in [1.807, 2.05) is 56.3 Å². The molecule has 1 heterocycles. The van der Waals surface area contributed by atoms with Gasteiger partial charge in [-0.05, 0) is 62.8 Å². The number of hydrogen-bond acceptors (Lipinski definition) is 4. The maximum Gasteiger partial charge on any atom is 0.253 e. The maximum absolute atomic E-state index is 12.7. The molecule has 0 radical (unpaired) electrons. The van der Waals surface area contributed by atoms with Crippen LogP contribution < -0.4 is 10.6 Å². The standard InChI is InChI=1S/C24H31N3O3/c1-16-13-18(14-17(2)26-16)15-25-23(28)20-9-11-21(12-10-20)27-24(29)22(30-3)19-7-5-4-6-8-19/h4-8,13-14,20-22H,9-12,15H2,1-3H3,(H,25,28)(H,27,29)/t20?,21?,22-/m0/s1. The van der Waals surface area contributed by atoms with Crippen LogP contribution in [-0.2, 0) is 20.9 Å². The van der Waals surface area contributed by atoms with E-state index < -0.39 is 6.10 Å². The highest BCUT2D eigenvalue weighted by atomic mass is 16.5. The molecular weight excluding hydrogens is 378 g/mol. The first-order valence-electron chi connectivity index (χ1n) is 10.6. The Kier molecular flexibility index (Phi) is 7.57. The molecule has 2 aromatic rings. The van der Waals surface area contributed by atoms with Crippen LogP contribution in [0.2, 0.25) is 0 Å². The minimum absolute atomic E-state index is 0.00507. The molecule has 3 rings (SSSR count). The lowest BCUT2D eigenvalue weighted by Gasteiger charge is -2.29. The molecule has 2 N–H and O–H groups in total. The maximum atomic E-state index is 12.7. The van der Waals surface area contributed by atoms with Crippen molar-refractivity contribution in [2.24, 2.45) is 5.92 Å². The number of ether oxygens (including phenoxy) is 1. The molecule has 1 fully saturated rings. The van der Waals surface area contributed by atoms with E-state index in [1.165, 1.54) is 0 Å². The van der Waals surface area contributed by atoms with E-state index in [0.717, 1.165) is 48.2 Å². The first-order valence-corrected chi connectivity index (χ1v) is 10.6. The average molecular weight is 410 g/mol. The Labute approximate surface area is 178 Å². The molecule has 1 aliphatic carbocycles. The van der Waals surface area contributed by atoms with Crippen molar-refractivity contribution in [3.05, 3.63) is 65.0 Å². The van der Waals surface area contributed by atoms with Gasteiger partial charge in [-0.15, -0.1) is 0 Å². The van der Waals surface area contributed by atoms with Crippen molar-refractivity contribution in [3.8, 4) is 0 Å². The molecular formula is C24H31N3O3. The number of benzene rings is 1. The van der Waals surface area contributed by atoms with E-state index in [1.54, 1.807) is 7.11 Å². The molecule has 1 atom stereocenters. The Morgan fingerprint density at radius 2 is 1.70 bits per heavy atom. The second kappa shape index (κ2) is 10.3. The number of hydrogen-bond donors (Lipinski definition) is 2. The molecule has 0 unspecified atom stereocenters. The van der Waals surface area contributed by atoms with E-state index in [0.29, 0.717) is 6.54 Å². The minimum Gasteiger partial charge on any atom is -0.367 e. The first-order chi connectivity index (χ1) is 14.5. The molecule has 1 aromatic heterocycles. The van der Waals surface area contributed by atoms with E-state index in [2.05, 4.69) is 15.6 Å². The van der Waals surface area contributed by atoms with Crippen LogP contribution >= 0.6 is 0 Å². The zero-order valence-corrected chi connectivity index (χ0v) is 18.0. The van der Waals surface area contributed by atoms with E-state index in [9.17, 15) is 9.59 Å². The van der Waals surface area contributed by atoms with Crippen molar-refractivity contribution < 1.29 is 14.3 Å². The van der Waals surface area contributed by atoms with Crippen LogP contribution in [0.3, 0.4) is 0 Å². The lowest BCUT2D eigenvalue weighted by molar-refractivity contribution is -0.132. The summed E-state index contributed by atoms with van der Waals surface area (Å²) in [4.78, 5) is 29.6. The fraction of sp³-hybridized carbons (Fsp3) is 0.458. The van der Waals surface area contributed by atoms with Gasteiger partial charge in [-0.25, -0.2) is 0 Å². The molecule has 2 amide bonds. The zero-order chi connectivity index (χ0) is 21.5. The summed E-state index contributed by atoms with van der Waals surface area (Å²) in [5, 5.41) is 6.15. The van der Waals surface area contributed by atoms with Crippen LogP contribution in [0.25, 0.3) is 0 Å². The molecule has 1 saturated carbocycles. The lowest BCUT2D eigenvalue weighted by atomic mass is 9.85. The smallest absolute Gasteiger partial charge is 0.253 e. The Hall–Kier alpha value is -2.73. The van der Waals surface area contributed by atoms with Gasteiger partial charge in [0.25, 0.3) is 5.91 Å². The van der Waals surface area contributed by atoms with Crippen LogP contribution in [-0.4, -0.2) is 29.9 Å². The number of aryl methyl sites for hydroxylation is 2. The van der Waals surface area contributed by atoms with E-state index in [-0.39, 0.29) is 23.8 Å². The summed E-state index contributed by atoms with van der Waals surface area (Å²) in [5.41, 5.74) is 3.83. The Morgan fingerprint density at radius 1 is 1.07 bits per heavy atom. The van der Waals surface area contributed by atoms with Gasteiger partial charge >= 0.3 is 0 Å². The number of aromatic nitrogens is 1. The van der Waals surface area contributed by atoms with Crippen molar-refractivity contribution in [2.45, 2.75) is 58.2 Å². The summed E-state index contributed by atoms with van der Waals surface area (Å²) in [6, 6.07) is 13.6. The van der Waals surface area contributed by atoms with Crippen molar-refractivity contribution in [1.29, 1.82) is 0 Å². The highest BCUT2D eigenvalue weighted by Gasteiger charge is 2.29. The highest BCUT2D eigenvalue weighted by molar-refractivity contribution is 5.82. The monoisotopic (exact) mass is 409 g/mol. The van der Waals surface area contributed by atoms with Crippen LogP contribution in [0.15, 0.2) is 42.5 Å². The fourth-order valence-corrected chi connectivity index (χ4v) is 4.16. The van der Waals surface area contributed by atoms with Crippen LogP contribution in [0.4, 0.5) is 0 Å². The Bertz CT molecular complexity index is 841. The van der Waals surface area contributed by atoms with Gasteiger partial charge in [0.2, 0.25) is 5.91 Å². The third-order valence-electron chi connectivity index (χ3n) is 5.63. The van der Waals surface area contributed by atoms with Crippen molar-refractivity contribution in [1.82, 2.24) is 15.6 Å². The number of rotatable bonds is 7. The van der Waals surface area contributed by atoms with E-state index in [4.69, 9.17) is 4.74 Å². The molecule has 1 aliphatic rings. The Balaban J connectivity index is 1.46. The van der Waals surface area contributed by atoms with Gasteiger partial charge in [-0.1, -0.05) is 30.3 Å². The number of carbonyl (C=O) groups is 2. The Morgan fingerprint density at radius 3 is 2.30 bits per heavy atom. The van der Waals surface area contributed by atoms with Crippen molar-refractivity contribution in [2.75, 3.05) is 7.11 Å². The van der Waals surface area contributed by atoms with Gasteiger partial charge in [0, 0.05) is 37.0 Å². The third kappa shape index (κ3) is 5.89. The molecule has 6 heteroatoms. The molecule has 0 bridgehead atoms. The minimum atomic E-state index is -0.612. The zero-order valence-electron chi connectivity index (χ0n) is 18.0. The van der Waals surface area contributed by atoms with Crippen LogP contribution in [0.5, 0.6) is 0 Å². The number of methoxy groups -OCH3 is 1. The quantitative estimate of drug-likeness (QED) is 0.735. The third-order valence-corrected chi connectivity index (χ3v) is 5.63. The SMILES string of the molecule is CO[C@H](C(=O)NC1CCC(C(=O)NCc2cc(C)nc(C)c2)CC1)c1ccccc1. The van der Waals surface area contributed by atoms with E-state index >= 15 is 0 Å². The predicted octanol–water partition coefficient (Wildman–Crippen LogP) is 3.38. The fourth-order valence-electron chi connectivity index (χ4n) is 4.16. The second-order valence-electron chi connectivity index (χ2n) is 8.06. The molecule has 6 nitrogen and oxygen atoms in total. The average Bonchev–Trinajstić information content (AvgIpc) is 2.73. The molecule has 0 spiro atoms. The van der Waals surface area contributed by atoms with Gasteiger partial charge in [0.15, 0.2) is 6.10 Å². The van der Waals surface area contributed by atoms with Gasteiger partial charge in [-0.2, -0.15) is 0 Å². The number of carbonyl (C=O) groups excluding carboxylic acids is 2. The summed E-state index contributed by atoms with van der Waals surface area (Å²) < 4.78 is 5.41. The molecule has 0 aliphatic heterocycles. The molecule has 30 heavy (non-hydrogen) atoms. The molecule has 0 saturated heterocycles. The summed E-state index contributed by atoms with van der Waals surface area (Å²) in [5.74, 6) is -0.0412. The normalized spacial score (nSPS) is 19.7. The first kappa shape index (κ1) is 22.0. The number of amides is 2. The summed E-state index contributed by atoms with van der Waals surface area (Å²) in [6.07, 6.45) is 2.52. The number of pyridine rings is 1. The molecule has 160 valence electrons. The second-order valence-corrected chi connectivity index (χ2v) is 8.06. The largest absolute Gasteiger partial charge is 0.367 e. The number of nitrogens with zero attached hydrogens (tertiary/aromatic N) is 1. The molecule has 1 aromatic carbocycles.